The highest BCUT2D eigenvalue weighted by molar-refractivity contribution is 4.78. The van der Waals surface area contributed by atoms with Gasteiger partial charge in [-0.1, -0.05) is 12.8 Å². The van der Waals surface area contributed by atoms with Crippen molar-refractivity contribution in [2.45, 2.75) is 57.6 Å². The van der Waals surface area contributed by atoms with Gasteiger partial charge in [0, 0.05) is 19.2 Å². The highest BCUT2D eigenvalue weighted by atomic mass is 16.5. The molecule has 2 unspecified atom stereocenters. The Labute approximate surface area is 105 Å². The Bertz CT molecular complexity index is 212. The van der Waals surface area contributed by atoms with Gasteiger partial charge in [-0.05, 0) is 44.4 Å². The fourth-order valence-electron chi connectivity index (χ4n) is 2.66. The van der Waals surface area contributed by atoms with Gasteiger partial charge in [0.1, 0.15) is 0 Å². The van der Waals surface area contributed by atoms with Gasteiger partial charge in [-0.2, -0.15) is 0 Å². The minimum atomic E-state index is -0.349. The molecule has 0 saturated heterocycles. The van der Waals surface area contributed by atoms with E-state index in [-0.39, 0.29) is 6.10 Å². The molecule has 2 aliphatic rings. The third-order valence-electron chi connectivity index (χ3n) is 4.14. The second kappa shape index (κ2) is 6.72. The van der Waals surface area contributed by atoms with E-state index in [0.29, 0.717) is 19.2 Å². The van der Waals surface area contributed by atoms with Crippen molar-refractivity contribution in [1.29, 1.82) is 0 Å². The molecule has 0 bridgehead atoms. The summed E-state index contributed by atoms with van der Waals surface area (Å²) in [6.07, 6.45) is 7.73. The molecule has 17 heavy (non-hydrogen) atoms. The number of aliphatic hydroxyl groups is 1. The summed E-state index contributed by atoms with van der Waals surface area (Å²) in [7, 11) is 0. The third kappa shape index (κ3) is 4.94. The molecule has 3 nitrogen and oxygen atoms in total. The quantitative estimate of drug-likeness (QED) is 0.682. The maximum absolute atomic E-state index is 9.79. The van der Waals surface area contributed by atoms with E-state index >= 15 is 0 Å². The normalized spacial score (nSPS) is 25.1. The highest BCUT2D eigenvalue weighted by Crippen LogP contribution is 2.29. The van der Waals surface area contributed by atoms with Crippen LogP contribution in [0.4, 0.5) is 0 Å². The third-order valence-corrected chi connectivity index (χ3v) is 4.14. The summed E-state index contributed by atoms with van der Waals surface area (Å²) < 4.78 is 5.49. The van der Waals surface area contributed by atoms with Gasteiger partial charge >= 0.3 is 0 Å². The van der Waals surface area contributed by atoms with E-state index in [1.807, 2.05) is 0 Å². The zero-order valence-electron chi connectivity index (χ0n) is 11.0. The monoisotopic (exact) mass is 241 g/mol. The van der Waals surface area contributed by atoms with E-state index < -0.39 is 0 Å². The first kappa shape index (κ1) is 13.3. The highest BCUT2D eigenvalue weighted by Gasteiger charge is 2.23. The molecule has 2 fully saturated rings. The lowest BCUT2D eigenvalue weighted by Gasteiger charge is -2.22. The maximum Gasteiger partial charge on any atom is 0.0897 e. The summed E-state index contributed by atoms with van der Waals surface area (Å²) in [5, 5.41) is 13.2. The summed E-state index contributed by atoms with van der Waals surface area (Å²) in [5.74, 6) is 1.60. The van der Waals surface area contributed by atoms with Crippen LogP contribution in [-0.2, 0) is 4.74 Å². The topological polar surface area (TPSA) is 41.5 Å². The van der Waals surface area contributed by atoms with Crippen molar-refractivity contribution in [3.63, 3.8) is 0 Å². The molecule has 100 valence electrons. The maximum atomic E-state index is 9.79. The van der Waals surface area contributed by atoms with E-state index in [0.717, 1.165) is 18.4 Å². The molecule has 0 aromatic rings. The lowest BCUT2D eigenvalue weighted by atomic mass is 10.00. The fraction of sp³-hybridized carbons (Fsp3) is 1.00. The van der Waals surface area contributed by atoms with Crippen molar-refractivity contribution in [2.24, 2.45) is 11.8 Å². The van der Waals surface area contributed by atoms with E-state index in [2.05, 4.69) is 12.2 Å². The molecule has 0 heterocycles. The first-order valence-electron chi connectivity index (χ1n) is 7.25. The molecule has 2 N–H and O–H groups in total. The first-order chi connectivity index (χ1) is 8.25. The molecule has 0 amide bonds. The Morgan fingerprint density at radius 3 is 2.59 bits per heavy atom. The summed E-state index contributed by atoms with van der Waals surface area (Å²) >= 11 is 0. The SMILES string of the molecule is CC(NCC(O)COCC1CC1)C1CCCC1. The van der Waals surface area contributed by atoms with Gasteiger partial charge in [0.05, 0.1) is 12.7 Å². The predicted molar refractivity (Wildman–Crippen MR) is 69.0 cm³/mol. The van der Waals surface area contributed by atoms with Crippen molar-refractivity contribution in [3.8, 4) is 0 Å². The average Bonchev–Trinajstić information content (AvgIpc) is 2.97. The molecule has 2 saturated carbocycles. The van der Waals surface area contributed by atoms with Gasteiger partial charge in [0.15, 0.2) is 0 Å². The van der Waals surface area contributed by atoms with Crippen molar-refractivity contribution in [3.05, 3.63) is 0 Å². The average molecular weight is 241 g/mol. The van der Waals surface area contributed by atoms with Crippen molar-refractivity contribution in [1.82, 2.24) is 5.32 Å². The van der Waals surface area contributed by atoms with Gasteiger partial charge in [0.25, 0.3) is 0 Å². The second-order valence-corrected chi connectivity index (χ2v) is 5.88. The summed E-state index contributed by atoms with van der Waals surface area (Å²) in [6.45, 7) is 4.24. The summed E-state index contributed by atoms with van der Waals surface area (Å²) in [4.78, 5) is 0. The second-order valence-electron chi connectivity index (χ2n) is 5.88. The van der Waals surface area contributed by atoms with Crippen LogP contribution in [0.5, 0.6) is 0 Å². The zero-order chi connectivity index (χ0) is 12.1. The molecule has 2 atom stereocenters. The molecule has 0 radical (unpaired) electrons. The lowest BCUT2D eigenvalue weighted by molar-refractivity contribution is 0.0306. The molecule has 2 aliphatic carbocycles. The molecule has 0 aliphatic heterocycles. The first-order valence-corrected chi connectivity index (χ1v) is 7.25. The van der Waals surface area contributed by atoms with Crippen LogP contribution in [0.1, 0.15) is 45.4 Å². The number of hydrogen-bond donors (Lipinski definition) is 2. The van der Waals surface area contributed by atoms with E-state index in [4.69, 9.17) is 4.74 Å². The summed E-state index contributed by atoms with van der Waals surface area (Å²) in [5.41, 5.74) is 0. The Morgan fingerprint density at radius 1 is 1.24 bits per heavy atom. The van der Waals surface area contributed by atoms with Gasteiger partial charge < -0.3 is 15.2 Å². The van der Waals surface area contributed by atoms with Crippen molar-refractivity contribution >= 4 is 0 Å². The minimum absolute atomic E-state index is 0.349. The van der Waals surface area contributed by atoms with Gasteiger partial charge in [-0.3, -0.25) is 0 Å². The van der Waals surface area contributed by atoms with E-state index in [1.54, 1.807) is 0 Å². The Morgan fingerprint density at radius 2 is 1.94 bits per heavy atom. The van der Waals surface area contributed by atoms with E-state index in [9.17, 15) is 5.11 Å². The van der Waals surface area contributed by atoms with Gasteiger partial charge in [0.2, 0.25) is 0 Å². The predicted octanol–water partition coefficient (Wildman–Crippen LogP) is 1.94. The van der Waals surface area contributed by atoms with Crippen LogP contribution in [0.15, 0.2) is 0 Å². The fourth-order valence-corrected chi connectivity index (χ4v) is 2.66. The molecular weight excluding hydrogens is 214 g/mol. The number of ether oxygens (including phenoxy) is 1. The number of aliphatic hydroxyl groups excluding tert-OH is 1. The minimum Gasteiger partial charge on any atom is -0.389 e. The van der Waals surface area contributed by atoms with Crippen LogP contribution in [0, 0.1) is 11.8 Å². The van der Waals surface area contributed by atoms with Crippen LogP contribution >= 0.6 is 0 Å². The van der Waals surface area contributed by atoms with Crippen molar-refractivity contribution < 1.29 is 9.84 Å². The summed E-state index contributed by atoms with van der Waals surface area (Å²) in [6, 6.07) is 0.538. The van der Waals surface area contributed by atoms with Gasteiger partial charge in [-0.15, -0.1) is 0 Å². The Kier molecular flexibility index (Phi) is 5.26. The molecule has 0 spiro atoms. The van der Waals surface area contributed by atoms with E-state index in [1.165, 1.54) is 38.5 Å². The molecule has 0 aromatic carbocycles. The Balaban J connectivity index is 1.50. The van der Waals surface area contributed by atoms with Crippen LogP contribution in [0.3, 0.4) is 0 Å². The molecule has 3 heteroatoms. The van der Waals surface area contributed by atoms with Crippen molar-refractivity contribution in [2.75, 3.05) is 19.8 Å². The standard InChI is InChI=1S/C14H27NO2/c1-11(13-4-2-3-5-13)15-8-14(16)10-17-9-12-6-7-12/h11-16H,2-10H2,1H3. The number of hydrogen-bond acceptors (Lipinski definition) is 3. The number of nitrogens with one attached hydrogen (secondary N) is 1. The van der Waals surface area contributed by atoms with Crippen LogP contribution in [0.25, 0.3) is 0 Å². The zero-order valence-corrected chi connectivity index (χ0v) is 11.0. The van der Waals surface area contributed by atoms with Crippen LogP contribution < -0.4 is 5.32 Å². The molecular formula is C14H27NO2. The van der Waals surface area contributed by atoms with Crippen LogP contribution in [-0.4, -0.2) is 37.0 Å². The smallest absolute Gasteiger partial charge is 0.0897 e. The molecule has 2 rings (SSSR count). The largest absolute Gasteiger partial charge is 0.389 e. The van der Waals surface area contributed by atoms with Crippen LogP contribution in [0.2, 0.25) is 0 Å². The number of rotatable bonds is 8. The van der Waals surface area contributed by atoms with Gasteiger partial charge in [-0.25, -0.2) is 0 Å². The molecule has 0 aromatic heterocycles. The lowest BCUT2D eigenvalue weighted by Crippen LogP contribution is -2.39. The Hall–Kier alpha value is -0.120.